The zero-order valence-corrected chi connectivity index (χ0v) is 20.2. The minimum atomic E-state index is -1.12. The topological polar surface area (TPSA) is 135 Å². The summed E-state index contributed by atoms with van der Waals surface area (Å²) in [5, 5.41) is 27.2. The van der Waals surface area contributed by atoms with Crippen molar-refractivity contribution in [3.8, 4) is 28.6 Å². The van der Waals surface area contributed by atoms with Gasteiger partial charge >= 0.3 is 206 Å². The Morgan fingerprint density at radius 2 is 1.89 bits per heavy atom. The molecule has 1 radical (unpaired) electrons. The number of nitrogens with one attached hydrogen (secondary N) is 2. The van der Waals surface area contributed by atoms with Crippen LogP contribution in [0.4, 0.5) is 10.5 Å². The Balaban J connectivity index is 1.40. The van der Waals surface area contributed by atoms with E-state index in [0.29, 0.717) is 28.8 Å². The molecular formula is C24H18AsN6O4. The Labute approximate surface area is 206 Å². The summed E-state index contributed by atoms with van der Waals surface area (Å²) in [5.74, 6) is 2.39. The fourth-order valence-corrected chi connectivity index (χ4v) is 5.49. The van der Waals surface area contributed by atoms with E-state index in [1.54, 1.807) is 31.5 Å². The van der Waals surface area contributed by atoms with Crippen LogP contribution in [0.1, 0.15) is 0 Å². The number of hydrogen-bond acceptors (Lipinski definition) is 7. The number of amides is 1. The Kier molecular flexibility index (Phi) is 6.28. The molecule has 0 atom stereocenters. The monoisotopic (exact) mass is 529 g/mol. The van der Waals surface area contributed by atoms with Crippen molar-refractivity contribution in [3.63, 3.8) is 0 Å². The molecule has 0 aliphatic carbocycles. The third-order valence-corrected chi connectivity index (χ3v) is 7.20. The Morgan fingerprint density at radius 1 is 1.03 bits per heavy atom. The molecule has 3 aromatic carbocycles. The fourth-order valence-electron chi connectivity index (χ4n) is 3.58. The molecule has 11 heteroatoms. The Bertz CT molecular complexity index is 1510. The van der Waals surface area contributed by atoms with E-state index in [4.69, 9.17) is 14.6 Å². The van der Waals surface area contributed by atoms with E-state index >= 15 is 0 Å². The second-order valence-electron chi connectivity index (χ2n) is 7.27. The molecule has 2 heterocycles. The van der Waals surface area contributed by atoms with Crippen LogP contribution in [0.15, 0.2) is 72.9 Å². The summed E-state index contributed by atoms with van der Waals surface area (Å²) in [4.78, 5) is 15.6. The molecule has 0 bridgehead atoms. The van der Waals surface area contributed by atoms with Crippen molar-refractivity contribution < 1.29 is 19.4 Å². The normalized spacial score (nSPS) is 11.1. The van der Waals surface area contributed by atoms with Crippen molar-refractivity contribution in [2.75, 3.05) is 12.4 Å². The van der Waals surface area contributed by atoms with Gasteiger partial charge in [0, 0.05) is 0 Å². The summed E-state index contributed by atoms with van der Waals surface area (Å²) < 4.78 is 13.7. The van der Waals surface area contributed by atoms with Crippen LogP contribution in [0.25, 0.3) is 22.2 Å². The maximum atomic E-state index is 11.1. The molecule has 5 rings (SSSR count). The van der Waals surface area contributed by atoms with Gasteiger partial charge in [0.1, 0.15) is 0 Å². The van der Waals surface area contributed by atoms with Crippen molar-refractivity contribution in [3.05, 3.63) is 72.9 Å². The molecule has 10 nitrogen and oxygen atoms in total. The summed E-state index contributed by atoms with van der Waals surface area (Å²) in [6.07, 6.45) is 0.598. The van der Waals surface area contributed by atoms with Crippen molar-refractivity contribution in [1.29, 1.82) is 0 Å². The molecular weight excluding hydrogens is 511 g/mol. The number of H-pyrrole nitrogens is 1. The van der Waals surface area contributed by atoms with Gasteiger partial charge in [-0.3, -0.25) is 0 Å². The average Bonchev–Trinajstić information content (AvgIpc) is 3.40. The number of fused-ring (bicyclic) bond motifs is 1. The predicted molar refractivity (Wildman–Crippen MR) is 131 cm³/mol. The number of methoxy groups -OCH3 is 1. The van der Waals surface area contributed by atoms with Gasteiger partial charge in [-0.05, 0) is 0 Å². The molecule has 0 aliphatic rings. The Hall–Kier alpha value is -4.43. The number of nitrogens with zero attached hydrogens (tertiary/aromatic N) is 4. The first kappa shape index (κ1) is 22.4. The molecule has 0 saturated heterocycles. The number of carboxylic acid groups (broad SMARTS) is 1. The van der Waals surface area contributed by atoms with E-state index in [2.05, 4.69) is 30.9 Å². The summed E-state index contributed by atoms with van der Waals surface area (Å²) in [6, 6.07) is 20.5. The van der Waals surface area contributed by atoms with Crippen LogP contribution in [0.3, 0.4) is 0 Å². The summed E-state index contributed by atoms with van der Waals surface area (Å²) in [7, 11) is 1.60. The zero-order chi connectivity index (χ0) is 24.2. The number of pyridine rings is 1. The third-order valence-electron chi connectivity index (χ3n) is 5.09. The molecule has 1 amide bonds. The minimum absolute atomic E-state index is 0.446. The van der Waals surface area contributed by atoms with Crippen LogP contribution in [-0.2, 0) is 0 Å². The maximum absolute atomic E-state index is 11.1. The molecule has 35 heavy (non-hydrogen) atoms. The van der Waals surface area contributed by atoms with Crippen LogP contribution in [-0.4, -0.2) is 59.7 Å². The number of anilines is 1. The van der Waals surface area contributed by atoms with Crippen molar-refractivity contribution in [2.24, 2.45) is 0 Å². The number of aromatic amines is 1. The van der Waals surface area contributed by atoms with Gasteiger partial charge in [-0.1, -0.05) is 0 Å². The number of tetrazole rings is 1. The molecule has 5 aromatic rings. The summed E-state index contributed by atoms with van der Waals surface area (Å²) in [6.45, 7) is 0. The van der Waals surface area contributed by atoms with Gasteiger partial charge in [-0.25, -0.2) is 0 Å². The van der Waals surface area contributed by atoms with Gasteiger partial charge in [0.05, 0.1) is 0 Å². The first-order valence-corrected chi connectivity index (χ1v) is 12.3. The molecule has 0 spiro atoms. The van der Waals surface area contributed by atoms with Gasteiger partial charge in [-0.15, -0.1) is 0 Å². The van der Waals surface area contributed by atoms with Gasteiger partial charge in [0.25, 0.3) is 0 Å². The zero-order valence-electron chi connectivity index (χ0n) is 18.3. The predicted octanol–water partition coefficient (Wildman–Crippen LogP) is 2.96. The number of aromatic nitrogens is 5. The number of hydrogen-bond donors (Lipinski definition) is 3. The SMILES string of the molecule is COc1cc([As]c2cc(Oc3ccc(NC(=O)O)c4ccccc34)ccn2)ccc1-c1nn[nH]n1. The molecule has 0 aliphatic heterocycles. The van der Waals surface area contributed by atoms with E-state index in [0.717, 1.165) is 25.2 Å². The van der Waals surface area contributed by atoms with Gasteiger partial charge in [-0.2, -0.15) is 0 Å². The van der Waals surface area contributed by atoms with E-state index < -0.39 is 21.8 Å². The first-order valence-electron chi connectivity index (χ1n) is 10.4. The van der Waals surface area contributed by atoms with Crippen molar-refractivity contribution in [2.45, 2.75) is 0 Å². The first-order chi connectivity index (χ1) is 17.1. The van der Waals surface area contributed by atoms with E-state index in [-0.39, 0.29) is 0 Å². The molecule has 2 aromatic heterocycles. The van der Waals surface area contributed by atoms with Gasteiger partial charge in [0.2, 0.25) is 0 Å². The molecule has 0 unspecified atom stereocenters. The quantitative estimate of drug-likeness (QED) is 0.274. The molecule has 3 N–H and O–H groups in total. The molecule has 0 saturated carbocycles. The van der Waals surface area contributed by atoms with Crippen LogP contribution >= 0.6 is 0 Å². The van der Waals surface area contributed by atoms with Crippen molar-refractivity contribution >= 4 is 47.1 Å². The second kappa shape index (κ2) is 9.82. The van der Waals surface area contributed by atoms with Gasteiger partial charge < -0.3 is 0 Å². The number of ether oxygens (including phenoxy) is 2. The average molecular weight is 529 g/mol. The van der Waals surface area contributed by atoms with Gasteiger partial charge in [0.15, 0.2) is 0 Å². The fraction of sp³-hybridized carbons (Fsp3) is 0.0417. The summed E-state index contributed by atoms with van der Waals surface area (Å²) in [5.41, 5.74) is 1.25. The standard InChI is InChI=1S/C24H18AsN6O4/c1-34-21-12-14(6-7-18(21)23-28-30-31-29-23)25-22-13-15(10-11-26-22)35-20-9-8-19(27-24(32)33)16-4-2-3-5-17(16)20/h2-13,27H,1H3,(H,32,33)(H,28,29,30,31). The van der Waals surface area contributed by atoms with Crippen LogP contribution in [0.2, 0.25) is 0 Å². The Morgan fingerprint density at radius 3 is 2.66 bits per heavy atom. The van der Waals surface area contributed by atoms with Crippen LogP contribution in [0, 0.1) is 0 Å². The summed E-state index contributed by atoms with van der Waals surface area (Å²) >= 11 is -0.446. The van der Waals surface area contributed by atoms with E-state index in [1.165, 1.54) is 0 Å². The number of benzene rings is 3. The second-order valence-corrected chi connectivity index (χ2v) is 9.78. The molecule has 0 fully saturated rings. The third kappa shape index (κ3) is 4.92. The number of rotatable bonds is 7. The van der Waals surface area contributed by atoms with E-state index in [9.17, 15) is 4.79 Å². The van der Waals surface area contributed by atoms with Crippen LogP contribution < -0.4 is 23.6 Å². The number of carbonyl (C=O) groups is 1. The van der Waals surface area contributed by atoms with E-state index in [1.807, 2.05) is 48.5 Å². The molecule has 173 valence electrons. The van der Waals surface area contributed by atoms with Crippen LogP contribution in [0.5, 0.6) is 17.2 Å². The van der Waals surface area contributed by atoms with Crippen molar-refractivity contribution in [1.82, 2.24) is 25.6 Å².